The van der Waals surface area contributed by atoms with E-state index in [1.54, 1.807) is 69.7 Å². The highest BCUT2D eigenvalue weighted by Crippen LogP contribution is 2.58. The molecule has 1 N–H and O–H groups in total. The van der Waals surface area contributed by atoms with E-state index in [2.05, 4.69) is 5.32 Å². The third-order valence-corrected chi connectivity index (χ3v) is 9.97. The lowest BCUT2D eigenvalue weighted by Gasteiger charge is -2.40. The number of esters is 1. The Labute approximate surface area is 232 Å². The number of carbonyl (C=O) groups is 1. The topological polar surface area (TPSA) is 82.3 Å². The summed E-state index contributed by atoms with van der Waals surface area (Å²) in [7, 11) is 0. The number of piperidine rings is 2. The van der Waals surface area contributed by atoms with E-state index in [1.807, 2.05) is 13.8 Å². The number of benzene rings is 1. The van der Waals surface area contributed by atoms with Gasteiger partial charge in [-0.25, -0.2) is 4.79 Å². The molecule has 214 valence electrons. The van der Waals surface area contributed by atoms with Gasteiger partial charge in [-0.3, -0.25) is 18.7 Å². The molecule has 3 aliphatic carbocycles. The van der Waals surface area contributed by atoms with Gasteiger partial charge in [0, 0.05) is 18.1 Å². The summed E-state index contributed by atoms with van der Waals surface area (Å²) < 4.78 is 7.79. The highest BCUT2D eigenvalue weighted by Gasteiger charge is 2.48. The van der Waals surface area contributed by atoms with Crippen LogP contribution in [0.15, 0.2) is 33.9 Å². The van der Waals surface area contributed by atoms with Crippen LogP contribution in [0.4, 0.5) is 0 Å². The number of rotatable bonds is 4. The van der Waals surface area contributed by atoms with Crippen molar-refractivity contribution < 1.29 is 9.53 Å². The Morgan fingerprint density at radius 3 is 2.38 bits per heavy atom. The van der Waals surface area contributed by atoms with Crippen LogP contribution in [0.5, 0.6) is 0 Å². The normalized spacial score (nSPS) is 32.0. The van der Waals surface area contributed by atoms with Crippen LogP contribution in [-0.4, -0.2) is 33.8 Å². The average Bonchev–Trinajstić information content (AvgIpc) is 3.15. The first-order chi connectivity index (χ1) is 19.0. The van der Waals surface area contributed by atoms with Gasteiger partial charge in [0.1, 0.15) is 6.54 Å². The summed E-state index contributed by atoms with van der Waals surface area (Å²) in [6.45, 7) is 5.79. The van der Waals surface area contributed by atoms with Crippen molar-refractivity contribution in [2.75, 3.05) is 6.61 Å². The van der Waals surface area contributed by atoms with E-state index in [0.29, 0.717) is 23.0 Å². The molecule has 4 bridgehead atoms. The molecule has 2 aliphatic heterocycles. The predicted molar refractivity (Wildman–Crippen MR) is 155 cm³/mol. The van der Waals surface area contributed by atoms with E-state index < -0.39 is 11.7 Å². The number of nitrogens with one attached hydrogen (secondary N) is 1. The van der Waals surface area contributed by atoms with Gasteiger partial charge in [-0.15, -0.1) is 0 Å². The van der Waals surface area contributed by atoms with Gasteiger partial charge in [0.2, 0.25) is 0 Å². The molecule has 0 radical (unpaired) electrons. The van der Waals surface area contributed by atoms with E-state index >= 15 is 0 Å². The standard InChI is InChI=1S/C20H25N3O4.C10H16.C2H6/c1-2-27-18(24)12-22-17-9-4-3-8-16(17)19(25)23(20(22)26)15-10-13-6-5-7-14(11-15)21-13;1-2-7-4-9-6-8(3-1)10(9)5-7;1-2/h3-4,8-9,13-15,21H,2,5-7,10-12H2,1H3;7-10H,1-6H2;1-2H3. The van der Waals surface area contributed by atoms with Crippen molar-refractivity contribution in [3.8, 4) is 0 Å². The van der Waals surface area contributed by atoms with Crippen LogP contribution in [-0.2, 0) is 16.1 Å². The summed E-state index contributed by atoms with van der Waals surface area (Å²) >= 11 is 0. The van der Waals surface area contributed by atoms with Gasteiger partial charge < -0.3 is 10.1 Å². The van der Waals surface area contributed by atoms with Crippen LogP contribution in [0, 0.1) is 23.7 Å². The highest BCUT2D eigenvalue weighted by atomic mass is 16.5. The maximum atomic E-state index is 13.3. The summed E-state index contributed by atoms with van der Waals surface area (Å²) in [5.74, 6) is 4.31. The Balaban J connectivity index is 0.000000211. The fraction of sp³-hybridized carbons (Fsp3) is 0.719. The Bertz CT molecular complexity index is 1250. The Morgan fingerprint density at radius 1 is 0.923 bits per heavy atom. The zero-order valence-corrected chi connectivity index (χ0v) is 24.1. The molecule has 5 fully saturated rings. The maximum absolute atomic E-state index is 13.3. The van der Waals surface area contributed by atoms with Gasteiger partial charge in [0.05, 0.1) is 17.5 Å². The summed E-state index contributed by atoms with van der Waals surface area (Å²) in [6.07, 6.45) is 14.4. The number of nitrogens with zero attached hydrogens (tertiary/aromatic N) is 2. The quantitative estimate of drug-likeness (QED) is 0.526. The molecule has 5 aliphatic rings. The van der Waals surface area contributed by atoms with Crippen LogP contribution in [0.1, 0.15) is 97.4 Å². The van der Waals surface area contributed by atoms with E-state index in [-0.39, 0.29) is 24.8 Å². The second-order valence-corrected chi connectivity index (χ2v) is 12.2. The fourth-order valence-electron chi connectivity index (χ4n) is 8.33. The number of fused-ring (bicyclic) bond motifs is 4. The van der Waals surface area contributed by atoms with Crippen LogP contribution >= 0.6 is 0 Å². The second kappa shape index (κ2) is 12.4. The maximum Gasteiger partial charge on any atom is 0.332 e. The fourth-order valence-corrected chi connectivity index (χ4v) is 8.33. The first-order valence-electron chi connectivity index (χ1n) is 15.7. The molecule has 1 aromatic heterocycles. The van der Waals surface area contributed by atoms with Gasteiger partial charge in [0.25, 0.3) is 5.56 Å². The monoisotopic (exact) mass is 537 g/mol. The first-order valence-corrected chi connectivity index (χ1v) is 15.7. The van der Waals surface area contributed by atoms with Crippen LogP contribution < -0.4 is 16.6 Å². The molecule has 7 heteroatoms. The van der Waals surface area contributed by atoms with Crippen molar-refractivity contribution in [3.63, 3.8) is 0 Å². The van der Waals surface area contributed by atoms with Crippen molar-refractivity contribution >= 4 is 16.9 Å². The summed E-state index contributed by atoms with van der Waals surface area (Å²) in [6, 6.07) is 7.53. The molecule has 7 rings (SSSR count). The Kier molecular flexibility index (Phi) is 8.95. The molecule has 0 spiro atoms. The summed E-state index contributed by atoms with van der Waals surface area (Å²) in [5.41, 5.74) is -0.205. The largest absolute Gasteiger partial charge is 0.465 e. The SMILES string of the molecule is C1CC2CC3CC(C1)C3C2.CC.CCOC(=O)Cn1c(=O)n(C2CC3CCCC(C2)N3)c(=O)c2ccccc21. The predicted octanol–water partition coefficient (Wildman–Crippen LogP) is 5.43. The van der Waals surface area contributed by atoms with Crippen molar-refractivity contribution in [1.29, 1.82) is 0 Å². The number of hydrogen-bond acceptors (Lipinski definition) is 5. The minimum atomic E-state index is -0.475. The molecule has 3 heterocycles. The van der Waals surface area contributed by atoms with E-state index in [4.69, 9.17) is 4.74 Å². The van der Waals surface area contributed by atoms with Gasteiger partial charge >= 0.3 is 11.7 Å². The molecule has 1 aromatic carbocycles. The van der Waals surface area contributed by atoms with Gasteiger partial charge in [0.15, 0.2) is 0 Å². The Morgan fingerprint density at radius 2 is 1.64 bits per heavy atom. The molecule has 6 unspecified atom stereocenters. The molecule has 7 nitrogen and oxygen atoms in total. The zero-order valence-electron chi connectivity index (χ0n) is 24.1. The molecule has 39 heavy (non-hydrogen) atoms. The van der Waals surface area contributed by atoms with Crippen molar-refractivity contribution in [3.05, 3.63) is 45.1 Å². The molecular weight excluding hydrogens is 490 g/mol. The van der Waals surface area contributed by atoms with Gasteiger partial charge in [-0.05, 0) is 87.7 Å². The third kappa shape index (κ3) is 5.75. The van der Waals surface area contributed by atoms with Crippen LogP contribution in [0.25, 0.3) is 10.9 Å². The lowest BCUT2D eigenvalue weighted by atomic mass is 9.65. The van der Waals surface area contributed by atoms with Crippen LogP contribution in [0.3, 0.4) is 0 Å². The molecule has 2 aromatic rings. The third-order valence-electron chi connectivity index (χ3n) is 9.97. The Hall–Kier alpha value is -2.41. The smallest absolute Gasteiger partial charge is 0.332 e. The van der Waals surface area contributed by atoms with Crippen molar-refractivity contribution in [1.82, 2.24) is 14.5 Å². The number of para-hydroxylation sites is 1. The molecular formula is C32H47N3O4. The minimum absolute atomic E-state index is 0.139. The molecule has 2 saturated heterocycles. The van der Waals surface area contributed by atoms with Gasteiger partial charge in [-0.1, -0.05) is 51.7 Å². The number of aromatic nitrogens is 2. The van der Waals surface area contributed by atoms with E-state index in [1.165, 1.54) is 39.2 Å². The number of hydrogen-bond donors (Lipinski definition) is 1. The molecule has 0 amide bonds. The van der Waals surface area contributed by atoms with E-state index in [0.717, 1.165) is 25.7 Å². The average molecular weight is 538 g/mol. The molecule has 3 saturated carbocycles. The highest BCUT2D eigenvalue weighted by molar-refractivity contribution is 5.80. The lowest BCUT2D eigenvalue weighted by molar-refractivity contribution is -0.143. The van der Waals surface area contributed by atoms with Crippen molar-refractivity contribution in [2.24, 2.45) is 23.7 Å². The lowest BCUT2D eigenvalue weighted by Crippen LogP contribution is -2.53. The van der Waals surface area contributed by atoms with E-state index in [9.17, 15) is 14.4 Å². The van der Waals surface area contributed by atoms with Gasteiger partial charge in [-0.2, -0.15) is 0 Å². The zero-order chi connectivity index (χ0) is 27.5. The van der Waals surface area contributed by atoms with Crippen molar-refractivity contribution in [2.45, 2.75) is 116 Å². The van der Waals surface area contributed by atoms with Crippen LogP contribution in [0.2, 0.25) is 0 Å². The number of ether oxygens (including phenoxy) is 1. The first kappa shape index (κ1) is 28.1. The summed E-state index contributed by atoms with van der Waals surface area (Å²) in [4.78, 5) is 38.5. The molecule has 6 atom stereocenters. The minimum Gasteiger partial charge on any atom is -0.465 e. The second-order valence-electron chi connectivity index (χ2n) is 12.2. The summed E-state index contributed by atoms with van der Waals surface area (Å²) in [5, 5.41) is 4.06. The number of carbonyl (C=O) groups excluding carboxylic acids is 1.